The lowest BCUT2D eigenvalue weighted by molar-refractivity contribution is -0.144. The summed E-state index contributed by atoms with van der Waals surface area (Å²) in [7, 11) is 0. The Bertz CT molecular complexity index is 859. The van der Waals surface area contributed by atoms with Crippen molar-refractivity contribution in [3.05, 3.63) is 33.7 Å². The molecule has 0 N–H and O–H groups in total. The number of hydrogen-bond acceptors (Lipinski definition) is 5. The highest BCUT2D eigenvalue weighted by molar-refractivity contribution is 7.17. The van der Waals surface area contributed by atoms with E-state index in [-0.39, 0.29) is 18.7 Å². The number of fused-ring (bicyclic) bond motifs is 3. The minimum absolute atomic E-state index is 0.164. The van der Waals surface area contributed by atoms with Crippen molar-refractivity contribution in [2.75, 3.05) is 6.61 Å². The maximum atomic E-state index is 12.4. The van der Waals surface area contributed by atoms with Gasteiger partial charge in [-0.15, -0.1) is 11.3 Å². The maximum Gasteiger partial charge on any atom is 0.327 e. The highest BCUT2D eigenvalue weighted by atomic mass is 32.1. The van der Waals surface area contributed by atoms with E-state index in [1.165, 1.54) is 0 Å². The number of rotatable bonds is 3. The van der Waals surface area contributed by atoms with E-state index in [0.29, 0.717) is 11.3 Å². The van der Waals surface area contributed by atoms with Crippen LogP contribution >= 0.6 is 11.3 Å². The molecule has 6 nitrogen and oxygen atoms in total. The summed E-state index contributed by atoms with van der Waals surface area (Å²) in [5, 5.41) is 6.17. The normalized spacial score (nSPS) is 11.3. The Hall–Kier alpha value is -2.15. The van der Waals surface area contributed by atoms with Crippen molar-refractivity contribution >= 4 is 33.0 Å². The van der Waals surface area contributed by atoms with Crippen molar-refractivity contribution in [2.45, 2.75) is 20.4 Å². The fourth-order valence-electron chi connectivity index (χ4n) is 2.26. The van der Waals surface area contributed by atoms with Crippen LogP contribution in [0, 0.1) is 6.92 Å². The van der Waals surface area contributed by atoms with Crippen molar-refractivity contribution in [3.8, 4) is 0 Å². The molecule has 7 heteroatoms. The summed E-state index contributed by atoms with van der Waals surface area (Å²) in [5.41, 5.74) is 1.21. The molecule has 104 valence electrons. The molecule has 0 spiro atoms. The molecule has 0 aliphatic heterocycles. The fourth-order valence-corrected chi connectivity index (χ4v) is 3.07. The van der Waals surface area contributed by atoms with E-state index in [1.807, 2.05) is 28.8 Å². The molecule has 20 heavy (non-hydrogen) atoms. The van der Waals surface area contributed by atoms with Crippen LogP contribution in [0.25, 0.3) is 15.7 Å². The highest BCUT2D eigenvalue weighted by Gasteiger charge is 2.14. The molecule has 3 rings (SSSR count). The van der Waals surface area contributed by atoms with Gasteiger partial charge in [-0.1, -0.05) is 0 Å². The molecule has 3 aromatic heterocycles. The molecule has 0 aromatic carbocycles. The molecular formula is C13H13N3O3S. The zero-order valence-electron chi connectivity index (χ0n) is 11.1. The Balaban J connectivity index is 2.18. The SMILES string of the molecule is CCOC(=O)Cn1nc(C)n2c(cc3sccc32)c1=O. The minimum atomic E-state index is -0.459. The summed E-state index contributed by atoms with van der Waals surface area (Å²) in [6.07, 6.45) is 0. The molecule has 0 radical (unpaired) electrons. The van der Waals surface area contributed by atoms with Gasteiger partial charge < -0.3 is 4.74 Å². The summed E-state index contributed by atoms with van der Waals surface area (Å²) in [6.45, 7) is 3.66. The first-order chi connectivity index (χ1) is 9.61. The van der Waals surface area contributed by atoms with E-state index in [9.17, 15) is 9.59 Å². The van der Waals surface area contributed by atoms with Crippen LogP contribution in [0.4, 0.5) is 0 Å². The van der Waals surface area contributed by atoms with Gasteiger partial charge in [-0.25, -0.2) is 4.68 Å². The summed E-state index contributed by atoms with van der Waals surface area (Å²) in [6, 6.07) is 3.79. The van der Waals surface area contributed by atoms with Crippen molar-refractivity contribution < 1.29 is 9.53 Å². The van der Waals surface area contributed by atoms with Crippen molar-refractivity contribution in [3.63, 3.8) is 0 Å². The molecule has 0 saturated carbocycles. The zero-order chi connectivity index (χ0) is 14.3. The van der Waals surface area contributed by atoms with Crippen LogP contribution in [0.2, 0.25) is 0 Å². The maximum absolute atomic E-state index is 12.4. The topological polar surface area (TPSA) is 65.6 Å². The first kappa shape index (κ1) is 12.9. The third-order valence-electron chi connectivity index (χ3n) is 3.05. The first-order valence-corrected chi connectivity index (χ1v) is 7.11. The van der Waals surface area contributed by atoms with Gasteiger partial charge in [0.15, 0.2) is 0 Å². The number of thiophene rings is 1. The van der Waals surface area contributed by atoms with E-state index in [1.54, 1.807) is 18.3 Å². The lowest BCUT2D eigenvalue weighted by Crippen LogP contribution is -2.30. The molecule has 0 saturated heterocycles. The summed E-state index contributed by atoms with van der Waals surface area (Å²) in [4.78, 5) is 23.9. The Kier molecular flexibility index (Phi) is 3.06. The number of ether oxygens (including phenoxy) is 1. The van der Waals surface area contributed by atoms with Gasteiger partial charge in [-0.2, -0.15) is 5.10 Å². The second kappa shape index (κ2) is 4.75. The molecule has 0 unspecified atom stereocenters. The quantitative estimate of drug-likeness (QED) is 0.687. The van der Waals surface area contributed by atoms with E-state index in [4.69, 9.17) is 4.74 Å². The molecule has 3 heterocycles. The third-order valence-corrected chi connectivity index (χ3v) is 3.90. The minimum Gasteiger partial charge on any atom is -0.465 e. The number of hydrogen-bond donors (Lipinski definition) is 0. The van der Waals surface area contributed by atoms with Crippen LogP contribution in [0.3, 0.4) is 0 Å². The number of carbonyl (C=O) groups is 1. The van der Waals surface area contributed by atoms with Crippen LogP contribution in [0.1, 0.15) is 12.7 Å². The highest BCUT2D eigenvalue weighted by Crippen LogP contribution is 2.24. The van der Waals surface area contributed by atoms with Gasteiger partial charge >= 0.3 is 5.97 Å². The summed E-state index contributed by atoms with van der Waals surface area (Å²) >= 11 is 1.57. The Morgan fingerprint density at radius 3 is 3.00 bits per heavy atom. The van der Waals surface area contributed by atoms with E-state index >= 15 is 0 Å². The fraction of sp³-hybridized carbons (Fsp3) is 0.308. The summed E-state index contributed by atoms with van der Waals surface area (Å²) in [5.74, 6) is 0.205. The molecule has 0 aliphatic rings. The van der Waals surface area contributed by atoms with Crippen LogP contribution in [-0.4, -0.2) is 26.8 Å². The van der Waals surface area contributed by atoms with E-state index in [0.717, 1.165) is 14.9 Å². The van der Waals surface area contributed by atoms with Crippen LogP contribution in [0.5, 0.6) is 0 Å². The third kappa shape index (κ3) is 1.90. The predicted octanol–water partition coefficient (Wildman–Crippen LogP) is 1.58. The van der Waals surface area contributed by atoms with Gasteiger partial charge in [-0.05, 0) is 31.4 Å². The predicted molar refractivity (Wildman–Crippen MR) is 76.2 cm³/mol. The van der Waals surface area contributed by atoms with Gasteiger partial charge in [0.1, 0.15) is 17.9 Å². The van der Waals surface area contributed by atoms with Gasteiger partial charge in [0.05, 0.1) is 16.8 Å². The van der Waals surface area contributed by atoms with Gasteiger partial charge in [0, 0.05) is 0 Å². The van der Waals surface area contributed by atoms with Gasteiger partial charge in [-0.3, -0.25) is 14.0 Å². The lowest BCUT2D eigenvalue weighted by atomic mass is 10.5. The molecule has 0 fully saturated rings. The lowest BCUT2D eigenvalue weighted by Gasteiger charge is -2.07. The number of aromatic nitrogens is 3. The smallest absolute Gasteiger partial charge is 0.327 e. The molecule has 0 amide bonds. The van der Waals surface area contributed by atoms with Crippen molar-refractivity contribution in [2.24, 2.45) is 0 Å². The van der Waals surface area contributed by atoms with Crippen LogP contribution in [0.15, 0.2) is 22.3 Å². The molecule has 3 aromatic rings. The average molecular weight is 291 g/mol. The summed E-state index contributed by atoms with van der Waals surface area (Å²) < 4.78 is 8.86. The second-order valence-corrected chi connectivity index (χ2v) is 5.30. The van der Waals surface area contributed by atoms with E-state index in [2.05, 4.69) is 5.10 Å². The number of nitrogens with zero attached hydrogens (tertiary/aromatic N) is 3. The second-order valence-electron chi connectivity index (χ2n) is 4.35. The Labute approximate surface area is 118 Å². The Morgan fingerprint density at radius 2 is 2.25 bits per heavy atom. The van der Waals surface area contributed by atoms with E-state index < -0.39 is 5.97 Å². The molecule has 0 atom stereocenters. The molecule has 0 bridgehead atoms. The van der Waals surface area contributed by atoms with Crippen molar-refractivity contribution in [1.29, 1.82) is 0 Å². The zero-order valence-corrected chi connectivity index (χ0v) is 11.9. The number of carbonyl (C=O) groups excluding carboxylic acids is 1. The van der Waals surface area contributed by atoms with Gasteiger partial charge in [0.25, 0.3) is 5.56 Å². The van der Waals surface area contributed by atoms with Gasteiger partial charge in [0.2, 0.25) is 0 Å². The van der Waals surface area contributed by atoms with Crippen LogP contribution < -0.4 is 5.56 Å². The molecular weight excluding hydrogens is 278 g/mol. The largest absolute Gasteiger partial charge is 0.465 e. The first-order valence-electron chi connectivity index (χ1n) is 6.24. The molecule has 0 aliphatic carbocycles. The van der Waals surface area contributed by atoms with Crippen LogP contribution in [-0.2, 0) is 16.1 Å². The monoisotopic (exact) mass is 291 g/mol. The van der Waals surface area contributed by atoms with Crippen molar-refractivity contribution in [1.82, 2.24) is 14.2 Å². The standard InChI is InChI=1S/C13H13N3O3S/c1-3-19-12(17)7-15-13(18)10-6-11-9(4-5-20-11)16(10)8(2)14-15/h4-6H,3,7H2,1-2H3. The average Bonchev–Trinajstić information content (AvgIpc) is 2.95. The number of aryl methyl sites for hydroxylation is 1. The Morgan fingerprint density at radius 1 is 1.45 bits per heavy atom. The number of esters is 1.